The van der Waals surface area contributed by atoms with Gasteiger partial charge in [-0.15, -0.1) is 4.91 Å². The van der Waals surface area contributed by atoms with E-state index in [2.05, 4.69) is 15.1 Å². The van der Waals surface area contributed by atoms with Crippen LogP contribution in [0.15, 0.2) is 29.4 Å². The second kappa shape index (κ2) is 4.34. The SMILES string of the molecule is Nc1nc(-c2ccccc2Cl)nc(N)c1N=O. The lowest BCUT2D eigenvalue weighted by atomic mass is 10.2. The van der Waals surface area contributed by atoms with Crippen molar-refractivity contribution in [2.24, 2.45) is 5.18 Å². The van der Waals surface area contributed by atoms with Crippen LogP contribution in [-0.4, -0.2) is 9.97 Å². The van der Waals surface area contributed by atoms with E-state index in [1.54, 1.807) is 24.3 Å². The molecule has 6 nitrogen and oxygen atoms in total. The highest BCUT2D eigenvalue weighted by Crippen LogP contribution is 2.31. The quantitative estimate of drug-likeness (QED) is 0.795. The summed E-state index contributed by atoms with van der Waals surface area (Å²) in [6, 6.07) is 6.98. The molecule has 0 saturated heterocycles. The maximum absolute atomic E-state index is 10.4. The molecule has 0 aliphatic carbocycles. The Labute approximate surface area is 102 Å². The zero-order chi connectivity index (χ0) is 12.4. The minimum absolute atomic E-state index is 0.0672. The molecule has 2 rings (SSSR count). The molecule has 86 valence electrons. The van der Waals surface area contributed by atoms with Gasteiger partial charge in [-0.05, 0) is 17.3 Å². The van der Waals surface area contributed by atoms with E-state index in [-0.39, 0.29) is 23.1 Å². The van der Waals surface area contributed by atoms with E-state index in [1.165, 1.54) is 0 Å². The first-order valence-electron chi connectivity index (χ1n) is 4.64. The van der Waals surface area contributed by atoms with Gasteiger partial charge in [-0.25, -0.2) is 9.97 Å². The number of anilines is 2. The molecule has 0 amide bonds. The second-order valence-corrected chi connectivity index (χ2v) is 3.64. The Balaban J connectivity index is 2.62. The van der Waals surface area contributed by atoms with Gasteiger partial charge in [0.05, 0.1) is 5.02 Å². The van der Waals surface area contributed by atoms with Crippen molar-refractivity contribution in [1.82, 2.24) is 9.97 Å². The fourth-order valence-corrected chi connectivity index (χ4v) is 1.57. The van der Waals surface area contributed by atoms with Crippen LogP contribution in [0.2, 0.25) is 5.02 Å². The topological polar surface area (TPSA) is 107 Å². The minimum atomic E-state index is -0.152. The van der Waals surface area contributed by atoms with E-state index < -0.39 is 0 Å². The molecule has 2 aromatic rings. The lowest BCUT2D eigenvalue weighted by Crippen LogP contribution is -2.01. The average molecular weight is 250 g/mol. The number of nitrogens with two attached hydrogens (primary N) is 2. The first-order valence-corrected chi connectivity index (χ1v) is 5.02. The van der Waals surface area contributed by atoms with Gasteiger partial charge in [-0.1, -0.05) is 23.7 Å². The van der Waals surface area contributed by atoms with Crippen LogP contribution in [0.4, 0.5) is 17.3 Å². The molecule has 1 aromatic heterocycles. The Kier molecular flexibility index (Phi) is 2.88. The van der Waals surface area contributed by atoms with Crippen LogP contribution in [-0.2, 0) is 0 Å². The van der Waals surface area contributed by atoms with Crippen LogP contribution < -0.4 is 11.5 Å². The van der Waals surface area contributed by atoms with E-state index >= 15 is 0 Å². The van der Waals surface area contributed by atoms with Gasteiger partial charge < -0.3 is 11.5 Å². The minimum Gasteiger partial charge on any atom is -0.382 e. The summed E-state index contributed by atoms with van der Waals surface area (Å²) in [5, 5.41) is 3.14. The summed E-state index contributed by atoms with van der Waals surface area (Å²) in [6.07, 6.45) is 0. The molecule has 0 atom stereocenters. The van der Waals surface area contributed by atoms with Crippen LogP contribution in [0.1, 0.15) is 0 Å². The van der Waals surface area contributed by atoms with Gasteiger partial charge in [0.2, 0.25) is 0 Å². The van der Waals surface area contributed by atoms with Gasteiger partial charge in [0.15, 0.2) is 23.1 Å². The largest absolute Gasteiger partial charge is 0.382 e. The van der Waals surface area contributed by atoms with Crippen molar-refractivity contribution in [3.8, 4) is 11.4 Å². The first-order chi connectivity index (χ1) is 8.13. The maximum atomic E-state index is 10.4. The number of nitrogens with zero attached hydrogens (tertiary/aromatic N) is 3. The average Bonchev–Trinajstić information content (AvgIpc) is 2.29. The summed E-state index contributed by atoms with van der Waals surface area (Å²) in [5.74, 6) is 0.128. The number of hydrogen-bond donors (Lipinski definition) is 2. The summed E-state index contributed by atoms with van der Waals surface area (Å²) in [6.45, 7) is 0. The number of rotatable bonds is 2. The standard InChI is InChI=1S/C10H8ClN5O/c11-6-4-2-1-3-5(6)10-14-8(12)7(16-17)9(13)15-10/h1-4H,(H4,12,13,14,15). The Morgan fingerprint density at radius 3 is 2.24 bits per heavy atom. The molecule has 0 saturated carbocycles. The van der Waals surface area contributed by atoms with Crippen LogP contribution in [0.25, 0.3) is 11.4 Å². The molecule has 0 radical (unpaired) electrons. The molecule has 0 aliphatic heterocycles. The third-order valence-electron chi connectivity index (χ3n) is 2.14. The molecule has 1 heterocycles. The summed E-state index contributed by atoms with van der Waals surface area (Å²) in [7, 11) is 0. The third kappa shape index (κ3) is 2.02. The fourth-order valence-electron chi connectivity index (χ4n) is 1.35. The Bertz CT molecular complexity index is 564. The molecule has 0 unspecified atom stereocenters. The van der Waals surface area contributed by atoms with Gasteiger partial charge in [-0.3, -0.25) is 0 Å². The molecule has 17 heavy (non-hydrogen) atoms. The molecule has 0 spiro atoms. The number of halogens is 1. The lowest BCUT2D eigenvalue weighted by Gasteiger charge is -2.06. The number of nitrogen functional groups attached to an aromatic ring is 2. The Hall–Kier alpha value is -2.21. The second-order valence-electron chi connectivity index (χ2n) is 3.24. The Morgan fingerprint density at radius 1 is 1.12 bits per heavy atom. The van der Waals surface area contributed by atoms with Crippen molar-refractivity contribution in [2.45, 2.75) is 0 Å². The van der Waals surface area contributed by atoms with E-state index in [9.17, 15) is 4.91 Å². The van der Waals surface area contributed by atoms with E-state index in [0.29, 0.717) is 10.6 Å². The molecular formula is C10H8ClN5O. The van der Waals surface area contributed by atoms with Crippen molar-refractivity contribution in [3.63, 3.8) is 0 Å². The van der Waals surface area contributed by atoms with Crippen LogP contribution in [0.3, 0.4) is 0 Å². The van der Waals surface area contributed by atoms with Crippen molar-refractivity contribution < 1.29 is 0 Å². The Morgan fingerprint density at radius 2 is 1.71 bits per heavy atom. The van der Waals surface area contributed by atoms with Crippen molar-refractivity contribution >= 4 is 28.9 Å². The maximum Gasteiger partial charge on any atom is 0.192 e. The molecular weight excluding hydrogens is 242 g/mol. The number of benzene rings is 1. The molecule has 0 fully saturated rings. The predicted octanol–water partition coefficient (Wildman–Crippen LogP) is 2.36. The van der Waals surface area contributed by atoms with Crippen molar-refractivity contribution in [2.75, 3.05) is 11.5 Å². The molecule has 0 bridgehead atoms. The lowest BCUT2D eigenvalue weighted by molar-refractivity contribution is 1.18. The van der Waals surface area contributed by atoms with Gasteiger partial charge >= 0.3 is 0 Å². The highest BCUT2D eigenvalue weighted by atomic mass is 35.5. The number of nitroso groups, excluding NO2 is 1. The zero-order valence-electron chi connectivity index (χ0n) is 8.59. The van der Waals surface area contributed by atoms with Crippen LogP contribution >= 0.6 is 11.6 Å². The number of hydrogen-bond acceptors (Lipinski definition) is 6. The van der Waals surface area contributed by atoms with Gasteiger partial charge in [0, 0.05) is 5.56 Å². The monoisotopic (exact) mass is 249 g/mol. The summed E-state index contributed by atoms with van der Waals surface area (Å²) >= 11 is 5.99. The smallest absolute Gasteiger partial charge is 0.192 e. The fraction of sp³-hybridized carbons (Fsp3) is 0. The zero-order valence-corrected chi connectivity index (χ0v) is 9.35. The van der Waals surface area contributed by atoms with E-state index in [4.69, 9.17) is 23.1 Å². The highest BCUT2D eigenvalue weighted by Gasteiger charge is 2.13. The normalized spacial score (nSPS) is 10.2. The van der Waals surface area contributed by atoms with Gasteiger partial charge in [0.1, 0.15) is 0 Å². The van der Waals surface area contributed by atoms with Crippen molar-refractivity contribution in [1.29, 1.82) is 0 Å². The summed E-state index contributed by atoms with van der Waals surface area (Å²) in [4.78, 5) is 18.3. The predicted molar refractivity (Wildman–Crippen MR) is 66.8 cm³/mol. The highest BCUT2D eigenvalue weighted by molar-refractivity contribution is 6.33. The van der Waals surface area contributed by atoms with Gasteiger partial charge in [0.25, 0.3) is 0 Å². The third-order valence-corrected chi connectivity index (χ3v) is 2.47. The molecule has 7 heteroatoms. The van der Waals surface area contributed by atoms with Crippen LogP contribution in [0, 0.1) is 4.91 Å². The van der Waals surface area contributed by atoms with Crippen LogP contribution in [0.5, 0.6) is 0 Å². The summed E-state index contributed by atoms with van der Waals surface area (Å²) < 4.78 is 0. The van der Waals surface area contributed by atoms with Crippen molar-refractivity contribution in [3.05, 3.63) is 34.2 Å². The van der Waals surface area contributed by atoms with E-state index in [1.807, 2.05) is 0 Å². The first kappa shape index (κ1) is 11.3. The number of aromatic nitrogens is 2. The van der Waals surface area contributed by atoms with E-state index in [0.717, 1.165) is 0 Å². The summed E-state index contributed by atoms with van der Waals surface area (Å²) in [5.41, 5.74) is 11.5. The molecule has 1 aromatic carbocycles. The molecule has 0 aliphatic rings. The molecule has 4 N–H and O–H groups in total. The van der Waals surface area contributed by atoms with Gasteiger partial charge in [-0.2, -0.15) is 0 Å².